The van der Waals surface area contributed by atoms with Gasteiger partial charge in [-0.2, -0.15) is 0 Å². The summed E-state index contributed by atoms with van der Waals surface area (Å²) in [6, 6.07) is 18.2. The highest BCUT2D eigenvalue weighted by molar-refractivity contribution is 6.05. The molecule has 3 N–H and O–H groups in total. The Balaban J connectivity index is 1.40. The van der Waals surface area contributed by atoms with Crippen LogP contribution in [0.4, 0.5) is 5.82 Å². The lowest BCUT2D eigenvalue weighted by molar-refractivity contribution is -0.118. The fourth-order valence-electron chi connectivity index (χ4n) is 4.15. The lowest BCUT2D eigenvalue weighted by Gasteiger charge is -2.15. The third kappa shape index (κ3) is 5.40. The molecule has 0 radical (unpaired) electrons. The van der Waals surface area contributed by atoms with E-state index < -0.39 is 0 Å². The lowest BCUT2D eigenvalue weighted by Crippen LogP contribution is -2.22. The summed E-state index contributed by atoms with van der Waals surface area (Å²) in [5.41, 5.74) is 4.20. The number of carbonyl (C=O) groups is 3. The van der Waals surface area contributed by atoms with Crippen LogP contribution in [0.25, 0.3) is 22.2 Å². The Morgan fingerprint density at radius 2 is 1.92 bits per heavy atom. The zero-order chi connectivity index (χ0) is 25.8. The van der Waals surface area contributed by atoms with E-state index in [1.54, 1.807) is 30.5 Å². The van der Waals surface area contributed by atoms with Crippen LogP contribution in [0.3, 0.4) is 0 Å². The highest BCUT2D eigenvalue weighted by atomic mass is 16.5. The second-order valence-corrected chi connectivity index (χ2v) is 8.65. The van der Waals surface area contributed by atoms with Crippen molar-refractivity contribution in [1.82, 2.24) is 20.6 Å². The average molecular weight is 496 g/mol. The lowest BCUT2D eigenvalue weighted by atomic mass is 9.98. The van der Waals surface area contributed by atoms with Gasteiger partial charge in [-0.25, -0.2) is 9.97 Å². The summed E-state index contributed by atoms with van der Waals surface area (Å²) in [5, 5.41) is 9.28. The van der Waals surface area contributed by atoms with E-state index in [0.717, 1.165) is 22.1 Å². The molecule has 0 unspecified atom stereocenters. The molecular formula is C28H25N5O4. The third-order valence-electron chi connectivity index (χ3n) is 6.00. The van der Waals surface area contributed by atoms with Crippen molar-refractivity contribution in [2.24, 2.45) is 0 Å². The number of ether oxygens (including phenoxy) is 1. The van der Waals surface area contributed by atoms with Crippen LogP contribution >= 0.6 is 0 Å². The standard InChI is InChI=1S/C28H25N5O4/c1-17(34)29-12-3-13-37-24-15-20(27(35)33-25-10-7-18-4-2-11-30-26(18)32-25)6-8-22(24)19-5-9-23-21(14-19)16-31-28(23)36/h2,4-11,14-15H,3,12-13,16H2,1H3,(H,29,34)(H,31,36)(H,30,32,33,35). The second kappa shape index (κ2) is 10.4. The summed E-state index contributed by atoms with van der Waals surface area (Å²) in [4.78, 5) is 44.8. The summed E-state index contributed by atoms with van der Waals surface area (Å²) >= 11 is 0. The van der Waals surface area contributed by atoms with Crippen LogP contribution in [-0.4, -0.2) is 40.8 Å². The van der Waals surface area contributed by atoms with Gasteiger partial charge < -0.3 is 20.7 Å². The van der Waals surface area contributed by atoms with Crippen molar-refractivity contribution < 1.29 is 19.1 Å². The molecule has 9 nitrogen and oxygen atoms in total. The van der Waals surface area contributed by atoms with Gasteiger partial charge in [-0.05, 0) is 72.1 Å². The molecule has 3 heterocycles. The monoisotopic (exact) mass is 495 g/mol. The van der Waals surface area contributed by atoms with Gasteiger partial charge in [0.1, 0.15) is 11.6 Å². The van der Waals surface area contributed by atoms with Crippen LogP contribution in [0, 0.1) is 0 Å². The molecule has 0 saturated carbocycles. The molecule has 186 valence electrons. The smallest absolute Gasteiger partial charge is 0.256 e. The van der Waals surface area contributed by atoms with E-state index >= 15 is 0 Å². The number of hydrogen-bond donors (Lipinski definition) is 3. The Hall–Kier alpha value is -4.79. The molecule has 3 amide bonds. The molecule has 1 aliphatic heterocycles. The average Bonchev–Trinajstić information content (AvgIpc) is 3.28. The maximum atomic E-state index is 13.1. The van der Waals surface area contributed by atoms with Gasteiger partial charge in [0.15, 0.2) is 5.65 Å². The Morgan fingerprint density at radius 1 is 1.05 bits per heavy atom. The molecule has 0 fully saturated rings. The molecule has 5 rings (SSSR count). The number of anilines is 1. The van der Waals surface area contributed by atoms with Crippen molar-refractivity contribution in [3.05, 3.63) is 83.6 Å². The number of hydrogen-bond acceptors (Lipinski definition) is 6. The fraction of sp³-hybridized carbons (Fsp3) is 0.179. The number of rotatable bonds is 8. The first-order valence-electron chi connectivity index (χ1n) is 11.9. The van der Waals surface area contributed by atoms with E-state index in [0.29, 0.717) is 54.5 Å². The fourth-order valence-corrected chi connectivity index (χ4v) is 4.15. The summed E-state index contributed by atoms with van der Waals surface area (Å²) in [6.45, 7) is 2.78. The topological polar surface area (TPSA) is 122 Å². The first kappa shape index (κ1) is 23.9. The van der Waals surface area contributed by atoms with Crippen LogP contribution in [0.15, 0.2) is 66.9 Å². The van der Waals surface area contributed by atoms with Crippen LogP contribution in [0.1, 0.15) is 39.6 Å². The van der Waals surface area contributed by atoms with Crippen molar-refractivity contribution >= 4 is 34.6 Å². The van der Waals surface area contributed by atoms with Crippen molar-refractivity contribution in [3.8, 4) is 16.9 Å². The van der Waals surface area contributed by atoms with E-state index in [2.05, 4.69) is 25.9 Å². The largest absolute Gasteiger partial charge is 0.493 e. The quantitative estimate of drug-likeness (QED) is 0.321. The number of nitrogens with one attached hydrogen (secondary N) is 3. The molecule has 0 aliphatic carbocycles. The predicted molar refractivity (Wildman–Crippen MR) is 139 cm³/mol. The zero-order valence-corrected chi connectivity index (χ0v) is 20.2. The van der Waals surface area contributed by atoms with Gasteiger partial charge in [-0.15, -0.1) is 0 Å². The van der Waals surface area contributed by atoms with Gasteiger partial charge >= 0.3 is 0 Å². The maximum Gasteiger partial charge on any atom is 0.256 e. The van der Waals surface area contributed by atoms with Crippen molar-refractivity contribution in [1.29, 1.82) is 0 Å². The SMILES string of the molecule is CC(=O)NCCCOc1cc(C(=O)Nc2ccc3cccnc3n2)ccc1-c1ccc2c(c1)CNC2=O. The summed E-state index contributed by atoms with van der Waals surface area (Å²) in [6.07, 6.45) is 2.26. The van der Waals surface area contributed by atoms with Gasteiger partial charge in [-0.1, -0.05) is 6.07 Å². The molecule has 0 saturated heterocycles. The number of fused-ring (bicyclic) bond motifs is 2. The first-order valence-corrected chi connectivity index (χ1v) is 11.9. The predicted octanol–water partition coefficient (Wildman–Crippen LogP) is 3.70. The van der Waals surface area contributed by atoms with Gasteiger partial charge in [0.25, 0.3) is 11.8 Å². The van der Waals surface area contributed by atoms with Crippen molar-refractivity contribution in [2.75, 3.05) is 18.5 Å². The highest BCUT2D eigenvalue weighted by Crippen LogP contribution is 2.33. The number of benzene rings is 2. The van der Waals surface area contributed by atoms with E-state index in [-0.39, 0.29) is 17.7 Å². The minimum Gasteiger partial charge on any atom is -0.493 e. The van der Waals surface area contributed by atoms with E-state index in [4.69, 9.17) is 4.74 Å². The molecule has 4 aromatic rings. The van der Waals surface area contributed by atoms with Crippen LogP contribution in [0.2, 0.25) is 0 Å². The number of nitrogens with zero attached hydrogens (tertiary/aromatic N) is 2. The van der Waals surface area contributed by atoms with Gasteiger partial charge in [0, 0.05) is 48.3 Å². The Bertz CT molecular complexity index is 1520. The second-order valence-electron chi connectivity index (χ2n) is 8.65. The van der Waals surface area contributed by atoms with E-state index in [1.807, 2.05) is 36.4 Å². The molecule has 37 heavy (non-hydrogen) atoms. The normalized spacial score (nSPS) is 12.1. The van der Waals surface area contributed by atoms with Crippen LogP contribution < -0.4 is 20.7 Å². The van der Waals surface area contributed by atoms with Gasteiger partial charge in [0.2, 0.25) is 5.91 Å². The number of pyridine rings is 2. The molecule has 1 aliphatic rings. The first-order chi connectivity index (χ1) is 18.0. The van der Waals surface area contributed by atoms with E-state index in [9.17, 15) is 14.4 Å². The molecule has 2 aromatic heterocycles. The Labute approximate surface area is 213 Å². The third-order valence-corrected chi connectivity index (χ3v) is 6.00. The molecular weight excluding hydrogens is 470 g/mol. The molecule has 9 heteroatoms. The number of aromatic nitrogens is 2. The molecule has 0 bridgehead atoms. The van der Waals surface area contributed by atoms with Crippen LogP contribution in [0.5, 0.6) is 5.75 Å². The summed E-state index contributed by atoms with van der Waals surface area (Å²) < 4.78 is 6.07. The zero-order valence-electron chi connectivity index (χ0n) is 20.2. The van der Waals surface area contributed by atoms with Gasteiger partial charge in [0.05, 0.1) is 6.61 Å². The minimum absolute atomic E-state index is 0.0829. The van der Waals surface area contributed by atoms with Crippen molar-refractivity contribution in [3.63, 3.8) is 0 Å². The number of carbonyl (C=O) groups excluding carboxylic acids is 3. The van der Waals surface area contributed by atoms with E-state index in [1.165, 1.54) is 6.92 Å². The molecule has 0 atom stereocenters. The Morgan fingerprint density at radius 3 is 2.78 bits per heavy atom. The van der Waals surface area contributed by atoms with Gasteiger partial charge in [-0.3, -0.25) is 14.4 Å². The van der Waals surface area contributed by atoms with Crippen molar-refractivity contribution in [2.45, 2.75) is 19.9 Å². The van der Waals surface area contributed by atoms with Crippen LogP contribution in [-0.2, 0) is 11.3 Å². The Kier molecular flexibility index (Phi) is 6.76. The number of amides is 3. The molecule has 2 aromatic carbocycles. The summed E-state index contributed by atoms with van der Waals surface area (Å²) in [7, 11) is 0. The maximum absolute atomic E-state index is 13.1. The highest BCUT2D eigenvalue weighted by Gasteiger charge is 2.20. The summed E-state index contributed by atoms with van der Waals surface area (Å²) in [5.74, 6) is 0.412. The minimum atomic E-state index is -0.332. The molecule has 0 spiro atoms.